The Kier molecular flexibility index (Phi) is 2.54. The van der Waals surface area contributed by atoms with E-state index in [1.165, 1.54) is 0 Å². The Morgan fingerprint density at radius 2 is 2.07 bits per heavy atom. The molecular formula is C12H14N2O. The molecule has 0 N–H and O–H groups in total. The second-order valence-corrected chi connectivity index (χ2v) is 3.53. The molecule has 0 spiro atoms. The van der Waals surface area contributed by atoms with Crippen molar-refractivity contribution in [2.45, 2.75) is 27.2 Å². The zero-order chi connectivity index (χ0) is 10.8. The Morgan fingerprint density at radius 3 is 2.53 bits per heavy atom. The van der Waals surface area contributed by atoms with Crippen LogP contribution in [0.4, 0.5) is 0 Å². The molecular weight excluding hydrogens is 188 g/mol. The third kappa shape index (κ3) is 1.91. The number of oxazole rings is 1. The van der Waals surface area contributed by atoms with Crippen molar-refractivity contribution in [2.75, 3.05) is 0 Å². The van der Waals surface area contributed by atoms with Crippen LogP contribution in [0.5, 0.6) is 0 Å². The van der Waals surface area contributed by atoms with E-state index in [4.69, 9.17) is 4.42 Å². The van der Waals surface area contributed by atoms with Crippen LogP contribution >= 0.6 is 0 Å². The highest BCUT2D eigenvalue weighted by molar-refractivity contribution is 5.59. The van der Waals surface area contributed by atoms with Gasteiger partial charge in [0.1, 0.15) is 11.5 Å². The number of rotatable bonds is 2. The molecule has 0 fully saturated rings. The van der Waals surface area contributed by atoms with Crippen LogP contribution in [-0.4, -0.2) is 9.97 Å². The van der Waals surface area contributed by atoms with Gasteiger partial charge in [-0.1, -0.05) is 6.92 Å². The molecule has 0 atom stereocenters. The van der Waals surface area contributed by atoms with Gasteiger partial charge in [0.2, 0.25) is 0 Å². The number of pyridine rings is 1. The van der Waals surface area contributed by atoms with E-state index in [2.05, 4.69) is 16.9 Å². The van der Waals surface area contributed by atoms with Crippen molar-refractivity contribution < 1.29 is 4.42 Å². The Balaban J connectivity index is 2.41. The average Bonchev–Trinajstić information content (AvgIpc) is 2.58. The molecule has 0 aliphatic heterocycles. The first kappa shape index (κ1) is 9.90. The summed E-state index contributed by atoms with van der Waals surface area (Å²) >= 11 is 0. The molecule has 0 saturated carbocycles. The average molecular weight is 202 g/mol. The van der Waals surface area contributed by atoms with Crippen molar-refractivity contribution in [1.29, 1.82) is 0 Å². The predicted molar refractivity (Wildman–Crippen MR) is 58.6 cm³/mol. The Labute approximate surface area is 89.2 Å². The van der Waals surface area contributed by atoms with E-state index in [-0.39, 0.29) is 0 Å². The van der Waals surface area contributed by atoms with E-state index in [1.807, 2.05) is 32.2 Å². The minimum absolute atomic E-state index is 0.696. The molecule has 15 heavy (non-hydrogen) atoms. The summed E-state index contributed by atoms with van der Waals surface area (Å²) in [7, 11) is 0. The Morgan fingerprint density at radius 1 is 1.27 bits per heavy atom. The summed E-state index contributed by atoms with van der Waals surface area (Å²) in [5.74, 6) is 1.54. The first-order chi connectivity index (χ1) is 7.20. The van der Waals surface area contributed by atoms with E-state index >= 15 is 0 Å². The van der Waals surface area contributed by atoms with E-state index in [9.17, 15) is 0 Å². The summed E-state index contributed by atoms with van der Waals surface area (Å²) in [5, 5.41) is 0. The number of hydrogen-bond acceptors (Lipinski definition) is 3. The zero-order valence-electron chi connectivity index (χ0n) is 9.24. The number of aryl methyl sites for hydroxylation is 3. The highest BCUT2D eigenvalue weighted by atomic mass is 16.4. The van der Waals surface area contributed by atoms with Crippen LogP contribution in [0, 0.1) is 13.8 Å². The van der Waals surface area contributed by atoms with Gasteiger partial charge in [0.15, 0.2) is 5.89 Å². The summed E-state index contributed by atoms with van der Waals surface area (Å²) < 4.78 is 5.39. The monoisotopic (exact) mass is 202 g/mol. The molecule has 0 aromatic carbocycles. The minimum atomic E-state index is 0.696. The molecule has 2 heterocycles. The Hall–Kier alpha value is -1.64. The van der Waals surface area contributed by atoms with Crippen LogP contribution in [0.2, 0.25) is 0 Å². The first-order valence-corrected chi connectivity index (χ1v) is 5.10. The van der Waals surface area contributed by atoms with Crippen molar-refractivity contribution in [3.05, 3.63) is 35.7 Å². The SMILES string of the molecule is CCc1ccc(-c2nc(C)oc2C)cn1. The van der Waals surface area contributed by atoms with Crippen molar-refractivity contribution in [3.63, 3.8) is 0 Å². The maximum absolute atomic E-state index is 5.39. The molecule has 78 valence electrons. The van der Waals surface area contributed by atoms with E-state index < -0.39 is 0 Å². The number of hydrogen-bond donors (Lipinski definition) is 0. The fourth-order valence-corrected chi connectivity index (χ4v) is 1.57. The lowest BCUT2D eigenvalue weighted by atomic mass is 10.1. The van der Waals surface area contributed by atoms with Crippen LogP contribution in [0.1, 0.15) is 24.3 Å². The standard InChI is InChI=1S/C12H14N2O/c1-4-11-6-5-10(7-13-11)12-8(2)15-9(3)14-12/h5-7H,4H2,1-3H3. The van der Waals surface area contributed by atoms with Crippen LogP contribution in [-0.2, 0) is 6.42 Å². The smallest absolute Gasteiger partial charge is 0.191 e. The fourth-order valence-electron chi connectivity index (χ4n) is 1.57. The minimum Gasteiger partial charge on any atom is -0.446 e. The van der Waals surface area contributed by atoms with Gasteiger partial charge in [-0.2, -0.15) is 0 Å². The largest absolute Gasteiger partial charge is 0.446 e. The maximum Gasteiger partial charge on any atom is 0.191 e. The molecule has 3 nitrogen and oxygen atoms in total. The number of aromatic nitrogens is 2. The molecule has 3 heteroatoms. The molecule has 2 aromatic heterocycles. The lowest BCUT2D eigenvalue weighted by Crippen LogP contribution is -1.88. The lowest BCUT2D eigenvalue weighted by molar-refractivity contribution is 0.495. The molecule has 0 aliphatic rings. The fraction of sp³-hybridized carbons (Fsp3) is 0.333. The summed E-state index contributed by atoms with van der Waals surface area (Å²) in [6.07, 6.45) is 2.81. The van der Waals surface area contributed by atoms with Crippen LogP contribution < -0.4 is 0 Å². The van der Waals surface area contributed by atoms with Gasteiger partial charge in [-0.05, 0) is 25.5 Å². The van der Waals surface area contributed by atoms with Gasteiger partial charge in [0.05, 0.1) is 0 Å². The van der Waals surface area contributed by atoms with Crippen molar-refractivity contribution in [2.24, 2.45) is 0 Å². The number of nitrogens with zero attached hydrogens (tertiary/aromatic N) is 2. The zero-order valence-corrected chi connectivity index (χ0v) is 9.24. The highest BCUT2D eigenvalue weighted by Gasteiger charge is 2.08. The van der Waals surface area contributed by atoms with Gasteiger partial charge in [-0.3, -0.25) is 4.98 Å². The summed E-state index contributed by atoms with van der Waals surface area (Å²) in [6, 6.07) is 4.06. The van der Waals surface area contributed by atoms with Gasteiger partial charge >= 0.3 is 0 Å². The highest BCUT2D eigenvalue weighted by Crippen LogP contribution is 2.22. The molecule has 0 saturated heterocycles. The predicted octanol–water partition coefficient (Wildman–Crippen LogP) is 2.92. The topological polar surface area (TPSA) is 38.9 Å². The summed E-state index contributed by atoms with van der Waals surface area (Å²) in [6.45, 7) is 5.86. The van der Waals surface area contributed by atoms with E-state index in [0.29, 0.717) is 5.89 Å². The summed E-state index contributed by atoms with van der Waals surface area (Å²) in [5.41, 5.74) is 3.00. The molecule has 0 bridgehead atoms. The lowest BCUT2D eigenvalue weighted by Gasteiger charge is -1.98. The van der Waals surface area contributed by atoms with Crippen molar-refractivity contribution >= 4 is 0 Å². The molecule has 0 aliphatic carbocycles. The van der Waals surface area contributed by atoms with Gasteiger partial charge in [-0.15, -0.1) is 0 Å². The van der Waals surface area contributed by atoms with Crippen LogP contribution in [0.3, 0.4) is 0 Å². The van der Waals surface area contributed by atoms with Gasteiger partial charge in [0, 0.05) is 24.4 Å². The normalized spacial score (nSPS) is 10.6. The second kappa shape index (κ2) is 3.85. The van der Waals surface area contributed by atoms with Crippen LogP contribution in [0.15, 0.2) is 22.7 Å². The van der Waals surface area contributed by atoms with Gasteiger partial charge in [0.25, 0.3) is 0 Å². The second-order valence-electron chi connectivity index (χ2n) is 3.53. The van der Waals surface area contributed by atoms with Gasteiger partial charge < -0.3 is 4.42 Å². The molecule has 0 unspecified atom stereocenters. The van der Waals surface area contributed by atoms with E-state index in [1.54, 1.807) is 0 Å². The molecule has 0 amide bonds. The quantitative estimate of drug-likeness (QED) is 0.751. The van der Waals surface area contributed by atoms with Crippen LogP contribution in [0.25, 0.3) is 11.3 Å². The molecule has 2 rings (SSSR count). The summed E-state index contributed by atoms with van der Waals surface area (Å²) in [4.78, 5) is 8.67. The molecule has 2 aromatic rings. The third-order valence-electron chi connectivity index (χ3n) is 2.36. The first-order valence-electron chi connectivity index (χ1n) is 5.10. The molecule has 0 radical (unpaired) electrons. The Bertz CT molecular complexity index is 457. The maximum atomic E-state index is 5.39. The van der Waals surface area contributed by atoms with E-state index in [0.717, 1.165) is 29.1 Å². The van der Waals surface area contributed by atoms with Crippen molar-refractivity contribution in [1.82, 2.24) is 9.97 Å². The third-order valence-corrected chi connectivity index (χ3v) is 2.36. The van der Waals surface area contributed by atoms with Crippen molar-refractivity contribution in [3.8, 4) is 11.3 Å². The van der Waals surface area contributed by atoms with Gasteiger partial charge in [-0.25, -0.2) is 4.98 Å².